The van der Waals surface area contributed by atoms with Crippen LogP contribution in [-0.4, -0.2) is 36.9 Å². The normalized spacial score (nSPS) is 11.6. The Morgan fingerprint density at radius 2 is 1.59 bits per heavy atom. The lowest BCUT2D eigenvalue weighted by atomic mass is 10.1. The molecule has 0 aliphatic heterocycles. The molecule has 3 aromatic carbocycles. The van der Waals surface area contributed by atoms with Crippen molar-refractivity contribution < 1.29 is 18.4 Å². The maximum atomic E-state index is 13.1. The number of carbonyl (C=O) groups excluding carboxylic acids is 1. The molecule has 0 radical (unpaired) electrons. The predicted octanol–water partition coefficient (Wildman–Crippen LogP) is 2.58. The first-order valence-electron chi connectivity index (χ1n) is 8.46. The van der Waals surface area contributed by atoms with E-state index in [0.717, 1.165) is 20.6 Å². The van der Waals surface area contributed by atoms with Gasteiger partial charge in [-0.15, -0.1) is 0 Å². The highest BCUT2D eigenvalue weighted by atomic mass is 32.2. The molecule has 7 heteroatoms. The number of rotatable bonds is 7. The second kappa shape index (κ2) is 8.30. The van der Waals surface area contributed by atoms with E-state index in [1.165, 1.54) is 11.5 Å². The first-order valence-corrected chi connectivity index (χ1v) is 9.90. The number of fused-ring (bicyclic) bond motifs is 1. The highest BCUT2D eigenvalue weighted by Crippen LogP contribution is 2.22. The Balaban J connectivity index is 1.91. The molecule has 6 nitrogen and oxygen atoms in total. The van der Waals surface area contributed by atoms with Crippen LogP contribution in [0.15, 0.2) is 77.7 Å². The third kappa shape index (κ3) is 4.51. The molecule has 0 saturated carbocycles. The van der Waals surface area contributed by atoms with E-state index < -0.39 is 22.5 Å². The fraction of sp³-hybridized carbons (Fsp3) is 0.150. The molecule has 0 bridgehead atoms. The van der Waals surface area contributed by atoms with Crippen molar-refractivity contribution in [3.63, 3.8) is 0 Å². The van der Waals surface area contributed by atoms with Crippen LogP contribution < -0.4 is 5.48 Å². The summed E-state index contributed by atoms with van der Waals surface area (Å²) in [5.74, 6) is -0.785. The summed E-state index contributed by atoms with van der Waals surface area (Å²) in [5, 5.41) is 10.6. The van der Waals surface area contributed by atoms with Gasteiger partial charge in [-0.05, 0) is 34.9 Å². The van der Waals surface area contributed by atoms with Crippen molar-refractivity contribution >= 4 is 26.7 Å². The molecule has 1 amide bonds. The quantitative estimate of drug-likeness (QED) is 0.484. The van der Waals surface area contributed by atoms with E-state index in [9.17, 15) is 13.2 Å². The number of hydrogen-bond donors (Lipinski definition) is 2. The second-order valence-corrected chi connectivity index (χ2v) is 8.06. The van der Waals surface area contributed by atoms with Crippen molar-refractivity contribution in [2.24, 2.45) is 0 Å². The van der Waals surface area contributed by atoms with E-state index in [-0.39, 0.29) is 11.4 Å². The standard InChI is InChI=1S/C20H20N2O4S/c23-20(21-24)15-22(13-12-16-6-2-1-3-7-16)27(25,26)19-11-10-17-8-4-5-9-18(17)14-19/h1-11,14,24H,12-13,15H2,(H,21,23). The zero-order chi connectivity index (χ0) is 19.3. The largest absolute Gasteiger partial charge is 0.289 e. The number of benzene rings is 3. The molecule has 0 aliphatic carbocycles. The fourth-order valence-electron chi connectivity index (χ4n) is 2.86. The molecule has 0 atom stereocenters. The van der Waals surface area contributed by atoms with Gasteiger partial charge in [0.15, 0.2) is 0 Å². The molecular formula is C20H20N2O4S. The number of nitrogens with zero attached hydrogens (tertiary/aromatic N) is 1. The highest BCUT2D eigenvalue weighted by Gasteiger charge is 2.26. The van der Waals surface area contributed by atoms with Crippen LogP contribution in [0.4, 0.5) is 0 Å². The number of hydroxylamine groups is 1. The number of amides is 1. The Kier molecular flexibility index (Phi) is 5.85. The van der Waals surface area contributed by atoms with Gasteiger partial charge < -0.3 is 0 Å². The molecule has 0 saturated heterocycles. The first kappa shape index (κ1) is 19.0. The Bertz CT molecular complexity index is 1040. The maximum absolute atomic E-state index is 13.1. The van der Waals surface area contributed by atoms with Crippen LogP contribution in [0.25, 0.3) is 10.8 Å². The van der Waals surface area contributed by atoms with E-state index in [4.69, 9.17) is 5.21 Å². The molecule has 0 heterocycles. The van der Waals surface area contributed by atoms with Crippen LogP contribution in [0.5, 0.6) is 0 Å². The van der Waals surface area contributed by atoms with Crippen molar-refractivity contribution in [1.82, 2.24) is 9.79 Å². The summed E-state index contributed by atoms with van der Waals surface area (Å²) in [5.41, 5.74) is 2.46. The number of hydrogen-bond acceptors (Lipinski definition) is 4. The zero-order valence-corrected chi connectivity index (χ0v) is 15.4. The van der Waals surface area contributed by atoms with E-state index in [0.29, 0.717) is 6.42 Å². The van der Waals surface area contributed by atoms with Crippen LogP contribution in [0.3, 0.4) is 0 Å². The number of sulfonamides is 1. The van der Waals surface area contributed by atoms with E-state index in [2.05, 4.69) is 0 Å². The first-order chi connectivity index (χ1) is 13.0. The summed E-state index contributed by atoms with van der Waals surface area (Å²) in [4.78, 5) is 11.8. The SMILES string of the molecule is O=C(CN(CCc1ccccc1)S(=O)(=O)c1ccc2ccccc2c1)NO. The van der Waals surface area contributed by atoms with Crippen LogP contribution in [0.2, 0.25) is 0 Å². The summed E-state index contributed by atoms with van der Waals surface area (Å²) in [6.07, 6.45) is 0.451. The monoisotopic (exact) mass is 384 g/mol. The van der Waals surface area contributed by atoms with Crippen LogP contribution in [0, 0.1) is 0 Å². The van der Waals surface area contributed by atoms with Crippen molar-refractivity contribution in [3.05, 3.63) is 78.4 Å². The topological polar surface area (TPSA) is 86.7 Å². The molecule has 0 aliphatic rings. The summed E-state index contributed by atoms with van der Waals surface area (Å²) in [7, 11) is -3.91. The minimum atomic E-state index is -3.91. The van der Waals surface area contributed by atoms with Gasteiger partial charge in [-0.1, -0.05) is 60.7 Å². The lowest BCUT2D eigenvalue weighted by molar-refractivity contribution is -0.129. The van der Waals surface area contributed by atoms with Gasteiger partial charge in [0, 0.05) is 6.54 Å². The zero-order valence-electron chi connectivity index (χ0n) is 14.6. The number of carbonyl (C=O) groups is 1. The summed E-state index contributed by atoms with van der Waals surface area (Å²) in [6, 6.07) is 21.7. The smallest absolute Gasteiger partial charge is 0.258 e. The van der Waals surface area contributed by atoms with Gasteiger partial charge in [0.25, 0.3) is 5.91 Å². The van der Waals surface area contributed by atoms with Gasteiger partial charge in [0.05, 0.1) is 11.4 Å². The minimum absolute atomic E-state index is 0.111. The molecule has 27 heavy (non-hydrogen) atoms. The van der Waals surface area contributed by atoms with E-state index in [1.807, 2.05) is 54.6 Å². The molecule has 0 aromatic heterocycles. The van der Waals surface area contributed by atoms with Gasteiger partial charge in [-0.25, -0.2) is 13.9 Å². The van der Waals surface area contributed by atoms with E-state index in [1.54, 1.807) is 12.1 Å². The van der Waals surface area contributed by atoms with Crippen molar-refractivity contribution in [1.29, 1.82) is 0 Å². The van der Waals surface area contributed by atoms with Crippen LogP contribution in [-0.2, 0) is 21.2 Å². The molecule has 0 spiro atoms. The van der Waals surface area contributed by atoms with Crippen LogP contribution >= 0.6 is 0 Å². The lowest BCUT2D eigenvalue weighted by Gasteiger charge is -2.21. The summed E-state index contributed by atoms with van der Waals surface area (Å²) >= 11 is 0. The van der Waals surface area contributed by atoms with Crippen molar-refractivity contribution in [2.75, 3.05) is 13.1 Å². The van der Waals surface area contributed by atoms with Crippen LogP contribution in [0.1, 0.15) is 5.56 Å². The molecule has 0 fully saturated rings. The van der Waals surface area contributed by atoms with Crippen molar-refractivity contribution in [3.8, 4) is 0 Å². The van der Waals surface area contributed by atoms with Gasteiger partial charge in [-0.2, -0.15) is 4.31 Å². The van der Waals surface area contributed by atoms with Gasteiger partial charge in [0.1, 0.15) is 0 Å². The molecule has 3 rings (SSSR count). The van der Waals surface area contributed by atoms with Gasteiger partial charge in [-0.3, -0.25) is 10.0 Å². The molecular weight excluding hydrogens is 364 g/mol. The molecule has 0 unspecified atom stereocenters. The summed E-state index contributed by atoms with van der Waals surface area (Å²) < 4.78 is 27.3. The average Bonchev–Trinajstić information content (AvgIpc) is 2.71. The predicted molar refractivity (Wildman–Crippen MR) is 103 cm³/mol. The van der Waals surface area contributed by atoms with Crippen molar-refractivity contribution in [2.45, 2.75) is 11.3 Å². The Hall–Kier alpha value is -2.74. The fourth-order valence-corrected chi connectivity index (χ4v) is 4.29. The van der Waals surface area contributed by atoms with E-state index >= 15 is 0 Å². The molecule has 3 aromatic rings. The number of nitrogens with one attached hydrogen (secondary N) is 1. The molecule has 2 N–H and O–H groups in total. The third-order valence-electron chi connectivity index (χ3n) is 4.30. The highest BCUT2D eigenvalue weighted by molar-refractivity contribution is 7.89. The third-order valence-corrected chi connectivity index (χ3v) is 6.14. The second-order valence-electron chi connectivity index (χ2n) is 6.12. The summed E-state index contributed by atoms with van der Waals surface area (Å²) in [6.45, 7) is -0.342. The Morgan fingerprint density at radius 3 is 2.30 bits per heavy atom. The lowest BCUT2D eigenvalue weighted by Crippen LogP contribution is -2.40. The van der Waals surface area contributed by atoms with Gasteiger partial charge >= 0.3 is 0 Å². The Morgan fingerprint density at radius 1 is 0.926 bits per heavy atom. The van der Waals surface area contributed by atoms with Gasteiger partial charge in [0.2, 0.25) is 10.0 Å². The maximum Gasteiger partial charge on any atom is 0.258 e. The minimum Gasteiger partial charge on any atom is -0.289 e. The molecule has 140 valence electrons. The average molecular weight is 384 g/mol. The Labute approximate surface area is 158 Å².